The molecular formula is C22H22F3N5O3. The van der Waals surface area contributed by atoms with E-state index in [0.29, 0.717) is 11.6 Å². The van der Waals surface area contributed by atoms with Gasteiger partial charge < -0.3 is 25.0 Å². The number of amides is 1. The Balaban J connectivity index is 1.37. The summed E-state index contributed by atoms with van der Waals surface area (Å²) in [5.41, 5.74) is 2.15. The minimum absolute atomic E-state index is 0.239. The van der Waals surface area contributed by atoms with Crippen LogP contribution in [0.3, 0.4) is 0 Å². The lowest BCUT2D eigenvalue weighted by atomic mass is 10.1. The van der Waals surface area contributed by atoms with E-state index in [1.54, 1.807) is 12.1 Å². The van der Waals surface area contributed by atoms with Gasteiger partial charge >= 0.3 is 6.36 Å². The number of fused-ring (bicyclic) bond motifs is 1. The van der Waals surface area contributed by atoms with Crippen LogP contribution in [0.25, 0.3) is 10.9 Å². The number of hydrogen-bond donors (Lipinski definition) is 2. The number of aromatic nitrogens is 2. The number of aryl methyl sites for hydroxylation is 1. The first-order valence-electron chi connectivity index (χ1n) is 10.3. The lowest BCUT2D eigenvalue weighted by molar-refractivity contribution is -0.274. The summed E-state index contributed by atoms with van der Waals surface area (Å²) in [5, 5.41) is 6.87. The van der Waals surface area contributed by atoms with Gasteiger partial charge in [-0.2, -0.15) is 0 Å². The third-order valence-electron chi connectivity index (χ3n) is 4.99. The van der Waals surface area contributed by atoms with Crippen molar-refractivity contribution < 1.29 is 27.4 Å². The standard InChI is InChI=1S/C22H22F3N5O3/c1-14-18-12-15(2-7-19(18)29-21(27-14)30-10-8-26-9-11-30)28-20(31)13-32-16-3-5-17(6-4-16)33-22(23,24)25/h2-7,12,26H,8-11,13H2,1H3,(H,28,31). The first kappa shape index (κ1) is 22.6. The van der Waals surface area contributed by atoms with E-state index in [0.717, 1.165) is 54.9 Å². The second-order valence-electron chi connectivity index (χ2n) is 7.43. The summed E-state index contributed by atoms with van der Waals surface area (Å²) in [6, 6.07) is 10.2. The Bertz CT molecular complexity index is 1130. The molecule has 0 atom stereocenters. The maximum atomic E-state index is 12.3. The van der Waals surface area contributed by atoms with Crippen LogP contribution >= 0.6 is 0 Å². The van der Waals surface area contributed by atoms with Crippen LogP contribution in [0.2, 0.25) is 0 Å². The lowest BCUT2D eigenvalue weighted by Gasteiger charge is -2.27. The van der Waals surface area contributed by atoms with E-state index in [1.807, 2.05) is 13.0 Å². The van der Waals surface area contributed by atoms with Crippen LogP contribution in [-0.4, -0.2) is 55.0 Å². The van der Waals surface area contributed by atoms with Gasteiger partial charge in [0.15, 0.2) is 6.61 Å². The molecule has 1 aromatic heterocycles. The molecule has 0 radical (unpaired) electrons. The van der Waals surface area contributed by atoms with Gasteiger partial charge in [-0.1, -0.05) is 0 Å². The fraction of sp³-hybridized carbons (Fsp3) is 0.318. The molecule has 2 N–H and O–H groups in total. The first-order valence-corrected chi connectivity index (χ1v) is 10.3. The Morgan fingerprint density at radius 1 is 1.09 bits per heavy atom. The van der Waals surface area contributed by atoms with Crippen LogP contribution in [0.1, 0.15) is 5.69 Å². The number of alkyl halides is 3. The molecule has 1 aliphatic heterocycles. The summed E-state index contributed by atoms with van der Waals surface area (Å²) in [6.07, 6.45) is -4.77. The van der Waals surface area contributed by atoms with Gasteiger partial charge in [-0.05, 0) is 49.4 Å². The normalized spacial score (nSPS) is 14.2. The fourth-order valence-corrected chi connectivity index (χ4v) is 3.43. The van der Waals surface area contributed by atoms with Gasteiger partial charge in [0.05, 0.1) is 11.2 Å². The summed E-state index contributed by atoms with van der Waals surface area (Å²) in [4.78, 5) is 23.7. The largest absolute Gasteiger partial charge is 0.573 e. The van der Waals surface area contributed by atoms with Crippen LogP contribution in [0.4, 0.5) is 24.8 Å². The Kier molecular flexibility index (Phi) is 6.50. The maximum absolute atomic E-state index is 12.3. The molecule has 33 heavy (non-hydrogen) atoms. The van der Waals surface area contributed by atoms with Gasteiger partial charge in [-0.15, -0.1) is 13.2 Å². The second-order valence-corrected chi connectivity index (χ2v) is 7.43. The van der Waals surface area contributed by atoms with Gasteiger partial charge in [0.1, 0.15) is 11.5 Å². The van der Waals surface area contributed by atoms with Crippen LogP contribution in [0.15, 0.2) is 42.5 Å². The zero-order valence-electron chi connectivity index (χ0n) is 17.8. The predicted molar refractivity (Wildman–Crippen MR) is 117 cm³/mol. The Labute approximate surface area is 187 Å². The quantitative estimate of drug-likeness (QED) is 0.583. The number of nitrogens with zero attached hydrogens (tertiary/aromatic N) is 3. The molecule has 1 saturated heterocycles. The number of benzene rings is 2. The molecule has 0 saturated carbocycles. The minimum atomic E-state index is -4.77. The zero-order chi connectivity index (χ0) is 23.4. The minimum Gasteiger partial charge on any atom is -0.484 e. The summed E-state index contributed by atoms with van der Waals surface area (Å²) < 4.78 is 45.8. The molecule has 2 heterocycles. The van der Waals surface area contributed by atoms with E-state index in [-0.39, 0.29) is 18.1 Å². The molecule has 1 amide bonds. The number of nitrogens with one attached hydrogen (secondary N) is 2. The number of halogens is 3. The molecule has 4 rings (SSSR count). The summed E-state index contributed by atoms with van der Waals surface area (Å²) in [7, 11) is 0. The molecule has 3 aromatic rings. The number of carbonyl (C=O) groups is 1. The highest BCUT2D eigenvalue weighted by molar-refractivity contribution is 5.95. The Hall–Kier alpha value is -3.60. The molecular weight excluding hydrogens is 439 g/mol. The predicted octanol–water partition coefficient (Wildman–Crippen LogP) is 3.26. The van der Waals surface area contributed by atoms with Crippen LogP contribution < -0.4 is 25.0 Å². The van der Waals surface area contributed by atoms with Crippen molar-refractivity contribution in [3.8, 4) is 11.5 Å². The average molecular weight is 461 g/mol. The molecule has 2 aromatic carbocycles. The molecule has 0 bridgehead atoms. The van der Waals surface area contributed by atoms with E-state index in [9.17, 15) is 18.0 Å². The SMILES string of the molecule is Cc1nc(N2CCNCC2)nc2ccc(NC(=O)COc3ccc(OC(F)(F)F)cc3)cc12. The molecule has 8 nitrogen and oxygen atoms in total. The molecule has 0 spiro atoms. The third-order valence-corrected chi connectivity index (χ3v) is 4.99. The Morgan fingerprint density at radius 2 is 1.79 bits per heavy atom. The van der Waals surface area contributed by atoms with Crippen molar-refractivity contribution in [1.82, 2.24) is 15.3 Å². The van der Waals surface area contributed by atoms with Crippen LogP contribution in [0.5, 0.6) is 11.5 Å². The molecule has 1 fully saturated rings. The molecule has 1 aliphatic rings. The van der Waals surface area contributed by atoms with Gasteiger partial charge in [0.25, 0.3) is 5.91 Å². The van der Waals surface area contributed by atoms with Crippen molar-refractivity contribution in [1.29, 1.82) is 0 Å². The third kappa shape index (κ3) is 6.01. The first-order chi connectivity index (χ1) is 15.8. The highest BCUT2D eigenvalue weighted by Crippen LogP contribution is 2.25. The van der Waals surface area contributed by atoms with Crippen molar-refractivity contribution >= 4 is 28.4 Å². The number of carbonyl (C=O) groups excluding carboxylic acids is 1. The van der Waals surface area contributed by atoms with Crippen LogP contribution in [0, 0.1) is 6.92 Å². The monoisotopic (exact) mass is 461 g/mol. The molecule has 0 unspecified atom stereocenters. The van der Waals surface area contributed by atoms with Crippen molar-refractivity contribution in [3.05, 3.63) is 48.2 Å². The molecule has 174 valence electrons. The fourth-order valence-electron chi connectivity index (χ4n) is 3.43. The Morgan fingerprint density at radius 3 is 2.48 bits per heavy atom. The molecule has 11 heteroatoms. The maximum Gasteiger partial charge on any atom is 0.573 e. The zero-order valence-corrected chi connectivity index (χ0v) is 17.8. The van der Waals surface area contributed by atoms with Crippen molar-refractivity contribution in [3.63, 3.8) is 0 Å². The van der Waals surface area contributed by atoms with Crippen molar-refractivity contribution in [2.24, 2.45) is 0 Å². The van der Waals surface area contributed by atoms with Gasteiger partial charge in [0.2, 0.25) is 5.95 Å². The number of ether oxygens (including phenoxy) is 2. The lowest BCUT2D eigenvalue weighted by Crippen LogP contribution is -2.44. The van der Waals surface area contributed by atoms with Gasteiger partial charge in [-0.3, -0.25) is 4.79 Å². The van der Waals surface area contributed by atoms with Crippen LogP contribution in [-0.2, 0) is 4.79 Å². The smallest absolute Gasteiger partial charge is 0.484 e. The number of anilines is 2. The highest BCUT2D eigenvalue weighted by Gasteiger charge is 2.31. The number of piperazine rings is 1. The number of hydrogen-bond acceptors (Lipinski definition) is 7. The number of rotatable bonds is 6. The summed E-state index contributed by atoms with van der Waals surface area (Å²) in [5.74, 6) is 0.148. The van der Waals surface area contributed by atoms with E-state index in [2.05, 4.69) is 30.2 Å². The molecule has 0 aliphatic carbocycles. The summed E-state index contributed by atoms with van der Waals surface area (Å²) in [6.45, 7) is 5.05. The second kappa shape index (κ2) is 9.49. The van der Waals surface area contributed by atoms with Gasteiger partial charge in [-0.25, -0.2) is 9.97 Å². The van der Waals surface area contributed by atoms with Gasteiger partial charge in [0, 0.05) is 37.3 Å². The topological polar surface area (TPSA) is 88.6 Å². The van der Waals surface area contributed by atoms with E-state index >= 15 is 0 Å². The summed E-state index contributed by atoms with van der Waals surface area (Å²) >= 11 is 0. The van der Waals surface area contributed by atoms with E-state index < -0.39 is 12.3 Å². The van der Waals surface area contributed by atoms with Crippen molar-refractivity contribution in [2.45, 2.75) is 13.3 Å². The average Bonchev–Trinajstić information content (AvgIpc) is 2.78. The highest BCUT2D eigenvalue weighted by atomic mass is 19.4. The van der Waals surface area contributed by atoms with Crippen molar-refractivity contribution in [2.75, 3.05) is 43.0 Å². The van der Waals surface area contributed by atoms with E-state index in [1.165, 1.54) is 12.1 Å². The van der Waals surface area contributed by atoms with E-state index in [4.69, 9.17) is 4.74 Å².